The van der Waals surface area contributed by atoms with Crippen LogP contribution in [0.1, 0.15) is 21.7 Å². The van der Waals surface area contributed by atoms with E-state index in [9.17, 15) is 18.0 Å². The van der Waals surface area contributed by atoms with Crippen molar-refractivity contribution >= 4 is 28.7 Å². The molecular formula is C21H16F3N5O. The highest BCUT2D eigenvalue weighted by atomic mass is 19.4. The Hall–Kier alpha value is -3.88. The topological polar surface area (TPSA) is 71.3 Å². The van der Waals surface area contributed by atoms with Crippen LogP contribution in [0.3, 0.4) is 0 Å². The van der Waals surface area contributed by atoms with Gasteiger partial charge in [0.2, 0.25) is 0 Å². The Bertz CT molecular complexity index is 1200. The zero-order valence-corrected chi connectivity index (χ0v) is 15.7. The van der Waals surface area contributed by atoms with Crippen molar-refractivity contribution in [2.45, 2.75) is 13.1 Å². The summed E-state index contributed by atoms with van der Waals surface area (Å²) in [4.78, 5) is 20.0. The summed E-state index contributed by atoms with van der Waals surface area (Å²) in [6, 6.07) is 15.0. The van der Waals surface area contributed by atoms with Crippen molar-refractivity contribution in [1.29, 1.82) is 0 Å². The molecule has 2 N–H and O–H groups in total. The smallest absolute Gasteiger partial charge is 0.341 e. The number of carbonyl (C=O) groups is 1. The van der Waals surface area contributed by atoms with E-state index in [1.165, 1.54) is 16.7 Å². The maximum Gasteiger partial charge on any atom is 0.434 e. The van der Waals surface area contributed by atoms with Crippen molar-refractivity contribution in [3.05, 3.63) is 83.9 Å². The van der Waals surface area contributed by atoms with Crippen LogP contribution in [0.25, 0.3) is 5.65 Å². The number of aryl methyl sites for hydroxylation is 1. The summed E-state index contributed by atoms with van der Waals surface area (Å²) in [6.07, 6.45) is -2.07. The number of benzene rings is 1. The average molecular weight is 411 g/mol. The van der Waals surface area contributed by atoms with Crippen LogP contribution in [0.4, 0.5) is 30.4 Å². The third-order valence-corrected chi connectivity index (χ3v) is 4.37. The average Bonchev–Trinajstić information content (AvgIpc) is 3.16. The number of rotatable bonds is 4. The van der Waals surface area contributed by atoms with E-state index in [0.29, 0.717) is 22.8 Å². The summed E-state index contributed by atoms with van der Waals surface area (Å²) in [5.41, 5.74) is 1.70. The molecule has 0 bridgehead atoms. The van der Waals surface area contributed by atoms with Crippen LogP contribution < -0.4 is 10.6 Å². The molecule has 0 spiro atoms. The van der Waals surface area contributed by atoms with E-state index in [1.54, 1.807) is 48.5 Å². The fraction of sp³-hybridized carbons (Fsp3) is 0.0952. The molecule has 0 aliphatic heterocycles. The number of pyridine rings is 2. The first kappa shape index (κ1) is 19.4. The third-order valence-electron chi connectivity index (χ3n) is 4.37. The van der Waals surface area contributed by atoms with Gasteiger partial charge in [-0.25, -0.2) is 4.98 Å². The SMILES string of the molecule is Cc1ccc(C(=O)Nc2ccc(Nc3cccc4nc(C(F)(F)F)cn34)cc2)cn1. The molecule has 152 valence electrons. The van der Waals surface area contributed by atoms with Crippen LogP contribution in [0.5, 0.6) is 0 Å². The highest BCUT2D eigenvalue weighted by molar-refractivity contribution is 6.04. The fourth-order valence-electron chi connectivity index (χ4n) is 2.84. The van der Waals surface area contributed by atoms with Gasteiger partial charge in [-0.3, -0.25) is 14.2 Å². The van der Waals surface area contributed by atoms with Gasteiger partial charge >= 0.3 is 6.18 Å². The molecule has 0 aliphatic rings. The van der Waals surface area contributed by atoms with E-state index < -0.39 is 11.9 Å². The molecule has 6 nitrogen and oxygen atoms in total. The molecule has 30 heavy (non-hydrogen) atoms. The second-order valence-corrected chi connectivity index (χ2v) is 6.61. The molecule has 0 radical (unpaired) electrons. The number of nitrogens with zero attached hydrogens (tertiary/aromatic N) is 3. The number of fused-ring (bicyclic) bond motifs is 1. The van der Waals surface area contributed by atoms with Gasteiger partial charge in [-0.2, -0.15) is 13.2 Å². The molecule has 4 rings (SSSR count). The number of nitrogens with one attached hydrogen (secondary N) is 2. The standard InChI is InChI=1S/C21H16F3N5O/c1-13-5-6-14(11-25-13)20(30)27-16-9-7-15(8-10-16)26-18-3-2-4-19-28-17(12-29(18)19)21(22,23)24/h2-12,26H,1H3,(H,27,30). The molecule has 3 heterocycles. The highest BCUT2D eigenvalue weighted by Crippen LogP contribution is 2.30. The van der Waals surface area contributed by atoms with E-state index in [4.69, 9.17) is 0 Å². The van der Waals surface area contributed by atoms with E-state index in [1.807, 2.05) is 6.92 Å². The second-order valence-electron chi connectivity index (χ2n) is 6.61. The van der Waals surface area contributed by atoms with Gasteiger partial charge < -0.3 is 10.6 Å². The molecule has 1 aromatic carbocycles. The van der Waals surface area contributed by atoms with Crippen molar-refractivity contribution < 1.29 is 18.0 Å². The monoisotopic (exact) mass is 411 g/mol. The van der Waals surface area contributed by atoms with Gasteiger partial charge in [-0.1, -0.05) is 6.07 Å². The Labute approximate surface area is 169 Å². The second kappa shape index (κ2) is 7.51. The number of amides is 1. The zero-order chi connectivity index (χ0) is 21.3. The summed E-state index contributed by atoms with van der Waals surface area (Å²) in [7, 11) is 0. The van der Waals surface area contributed by atoms with E-state index in [0.717, 1.165) is 11.9 Å². The molecule has 9 heteroatoms. The molecule has 1 amide bonds. The van der Waals surface area contributed by atoms with Gasteiger partial charge in [-0.05, 0) is 55.5 Å². The summed E-state index contributed by atoms with van der Waals surface area (Å²) in [5.74, 6) is 0.143. The Morgan fingerprint density at radius 3 is 2.40 bits per heavy atom. The Balaban J connectivity index is 1.50. The van der Waals surface area contributed by atoms with E-state index >= 15 is 0 Å². The normalized spacial score (nSPS) is 11.5. The number of hydrogen-bond acceptors (Lipinski definition) is 4. The third kappa shape index (κ3) is 4.09. The largest absolute Gasteiger partial charge is 0.434 e. The summed E-state index contributed by atoms with van der Waals surface area (Å²) in [5, 5.41) is 5.83. The lowest BCUT2D eigenvalue weighted by molar-refractivity contribution is -0.140. The minimum atomic E-state index is -4.52. The molecule has 3 aromatic heterocycles. The van der Waals surface area contributed by atoms with Crippen molar-refractivity contribution in [3.8, 4) is 0 Å². The first-order valence-electron chi connectivity index (χ1n) is 8.96. The summed E-state index contributed by atoms with van der Waals surface area (Å²) >= 11 is 0. The summed E-state index contributed by atoms with van der Waals surface area (Å²) in [6.45, 7) is 1.83. The predicted molar refractivity (Wildman–Crippen MR) is 107 cm³/mol. The van der Waals surface area contributed by atoms with Crippen LogP contribution in [0, 0.1) is 6.92 Å². The molecule has 0 unspecified atom stereocenters. The number of imidazole rings is 1. The zero-order valence-electron chi connectivity index (χ0n) is 15.7. The molecule has 0 saturated heterocycles. The molecule has 0 saturated carbocycles. The Morgan fingerprint density at radius 2 is 1.73 bits per heavy atom. The fourth-order valence-corrected chi connectivity index (χ4v) is 2.84. The van der Waals surface area contributed by atoms with E-state index in [-0.39, 0.29) is 11.6 Å². The minimum Gasteiger partial charge on any atom is -0.341 e. The number of anilines is 3. The highest BCUT2D eigenvalue weighted by Gasteiger charge is 2.34. The lowest BCUT2D eigenvalue weighted by Crippen LogP contribution is -2.12. The number of aromatic nitrogens is 3. The van der Waals surface area contributed by atoms with Gasteiger partial charge in [0.1, 0.15) is 11.5 Å². The quantitative estimate of drug-likeness (QED) is 0.493. The molecule has 0 aliphatic carbocycles. The lowest BCUT2D eigenvalue weighted by Gasteiger charge is -2.10. The first-order valence-corrected chi connectivity index (χ1v) is 8.96. The van der Waals surface area contributed by atoms with Crippen LogP contribution in [-0.2, 0) is 6.18 Å². The molecule has 0 atom stereocenters. The van der Waals surface area contributed by atoms with E-state index in [2.05, 4.69) is 20.6 Å². The number of halogens is 3. The number of carbonyl (C=O) groups excluding carboxylic acids is 1. The van der Waals surface area contributed by atoms with Crippen LogP contribution >= 0.6 is 0 Å². The first-order chi connectivity index (χ1) is 14.3. The lowest BCUT2D eigenvalue weighted by atomic mass is 10.2. The van der Waals surface area contributed by atoms with Gasteiger partial charge in [-0.15, -0.1) is 0 Å². The van der Waals surface area contributed by atoms with Gasteiger partial charge in [0, 0.05) is 29.5 Å². The maximum absolute atomic E-state index is 12.9. The minimum absolute atomic E-state index is 0.183. The van der Waals surface area contributed by atoms with Crippen LogP contribution in [-0.4, -0.2) is 20.3 Å². The number of alkyl halides is 3. The molecule has 0 fully saturated rings. The van der Waals surface area contributed by atoms with Crippen molar-refractivity contribution in [2.75, 3.05) is 10.6 Å². The molecule has 4 aromatic rings. The van der Waals surface area contributed by atoms with Gasteiger partial charge in [0.25, 0.3) is 5.91 Å². The van der Waals surface area contributed by atoms with Crippen LogP contribution in [0.15, 0.2) is 67.0 Å². The van der Waals surface area contributed by atoms with Crippen molar-refractivity contribution in [3.63, 3.8) is 0 Å². The van der Waals surface area contributed by atoms with Crippen molar-refractivity contribution in [2.24, 2.45) is 0 Å². The maximum atomic E-state index is 12.9. The Kier molecular flexibility index (Phi) is 4.86. The number of hydrogen-bond donors (Lipinski definition) is 2. The molecular weight excluding hydrogens is 395 g/mol. The van der Waals surface area contributed by atoms with Crippen molar-refractivity contribution in [1.82, 2.24) is 14.4 Å². The summed E-state index contributed by atoms with van der Waals surface area (Å²) < 4.78 is 40.2. The van der Waals surface area contributed by atoms with Gasteiger partial charge in [0.05, 0.1) is 5.56 Å². The Morgan fingerprint density at radius 1 is 1.00 bits per heavy atom. The van der Waals surface area contributed by atoms with Gasteiger partial charge in [0.15, 0.2) is 5.69 Å². The van der Waals surface area contributed by atoms with Crippen LogP contribution in [0.2, 0.25) is 0 Å². The predicted octanol–water partition coefficient (Wildman–Crippen LogP) is 5.05.